The minimum atomic E-state index is -0.861. The fourth-order valence-corrected chi connectivity index (χ4v) is 13.0. The third-order valence-corrected chi connectivity index (χ3v) is 15.7. The number of hydrogen-bond donors (Lipinski definition) is 3. The number of aliphatic hydroxyl groups excluding tert-OH is 1. The minimum absolute atomic E-state index is 0.0510. The molecule has 3 fully saturated rings. The molecule has 51 heavy (non-hydrogen) atoms. The summed E-state index contributed by atoms with van der Waals surface area (Å²) in [6, 6.07) is 27.0. The molecule has 0 amide bonds. The van der Waals surface area contributed by atoms with E-state index in [1.807, 2.05) is 36.4 Å². The van der Waals surface area contributed by atoms with Crippen LogP contribution in [0, 0.1) is 33.5 Å². The van der Waals surface area contributed by atoms with E-state index in [9.17, 15) is 10.2 Å². The Morgan fingerprint density at radius 2 is 1.59 bits per heavy atom. The molecular weight excluding hydrogens is 629 g/mol. The van der Waals surface area contributed by atoms with Crippen molar-refractivity contribution in [3.63, 3.8) is 0 Å². The lowest BCUT2D eigenvalue weighted by molar-refractivity contribution is -0.176. The molecule has 4 aromatic rings. The summed E-state index contributed by atoms with van der Waals surface area (Å²) in [6.07, 6.45) is 13.8. The standard InChI is InChI=1S/C46H50N2O3/c1-42-20-16-31(49)26-44(42)23-24-46(36(27-44)41(50)35-14-7-6-12-32(35)30-10-4-3-5-11-30)39(42)17-21-43(2)40(46)18-22-45(43,51)29-48-25-19-34-33-13-8-9-15-37(33)47-38(34)28-48/h3-15,23-24,27,31,39-40,47,49,51H,16-22,25-26,28-29H2,1-2H3. The topological polar surface area (TPSA) is 76.6 Å². The van der Waals surface area contributed by atoms with Crippen molar-refractivity contribution < 1.29 is 15.0 Å². The normalized spacial score (nSPS) is 38.1. The van der Waals surface area contributed by atoms with Crippen molar-refractivity contribution in [2.24, 2.45) is 33.5 Å². The Balaban J connectivity index is 1.06. The Kier molecular flexibility index (Phi) is 6.81. The fraction of sp³-hybridized carbons (Fsp3) is 0.457. The molecule has 0 radical (unpaired) electrons. The summed E-state index contributed by atoms with van der Waals surface area (Å²) in [5, 5.41) is 25.5. The van der Waals surface area contributed by atoms with Crippen LogP contribution in [0.5, 0.6) is 0 Å². The number of β-amino-alcohol motifs (C(OH)–C–C–N with tert-alkyl or cyclic N) is 1. The molecule has 1 aliphatic heterocycles. The average Bonchev–Trinajstić information content (AvgIpc) is 3.65. The van der Waals surface area contributed by atoms with Crippen LogP contribution in [0.2, 0.25) is 0 Å². The number of aromatic amines is 1. The molecule has 1 aromatic heterocycles. The molecule has 2 heterocycles. The van der Waals surface area contributed by atoms with Crippen molar-refractivity contribution in [3.05, 3.63) is 119 Å². The van der Waals surface area contributed by atoms with Crippen molar-refractivity contribution >= 4 is 16.7 Å². The Labute approximate surface area is 301 Å². The largest absolute Gasteiger partial charge is 0.393 e. The van der Waals surface area contributed by atoms with Gasteiger partial charge in [-0.05, 0) is 91.4 Å². The van der Waals surface area contributed by atoms with E-state index in [0.717, 1.165) is 80.3 Å². The molecule has 2 spiro atoms. The van der Waals surface area contributed by atoms with Gasteiger partial charge in [-0.3, -0.25) is 9.69 Å². The first-order valence-corrected chi connectivity index (χ1v) is 19.5. The zero-order valence-corrected chi connectivity index (χ0v) is 30.0. The third kappa shape index (κ3) is 4.17. The number of hydrogen-bond acceptors (Lipinski definition) is 4. The van der Waals surface area contributed by atoms with Crippen LogP contribution in [0.25, 0.3) is 22.0 Å². The zero-order chi connectivity index (χ0) is 34.8. The maximum absolute atomic E-state index is 15.4. The van der Waals surface area contributed by atoms with Gasteiger partial charge in [0.15, 0.2) is 5.78 Å². The van der Waals surface area contributed by atoms with Crippen LogP contribution >= 0.6 is 0 Å². The lowest BCUT2D eigenvalue weighted by atomic mass is 9.32. The van der Waals surface area contributed by atoms with Gasteiger partial charge in [0.1, 0.15) is 0 Å². The van der Waals surface area contributed by atoms with Crippen LogP contribution in [0.3, 0.4) is 0 Å². The molecule has 5 heteroatoms. The summed E-state index contributed by atoms with van der Waals surface area (Å²) in [6.45, 7) is 7.24. The zero-order valence-electron chi connectivity index (χ0n) is 30.0. The van der Waals surface area contributed by atoms with Crippen molar-refractivity contribution in [1.29, 1.82) is 0 Å². The summed E-state index contributed by atoms with van der Waals surface area (Å²) >= 11 is 0. The lowest BCUT2D eigenvalue weighted by Gasteiger charge is -2.71. The second-order valence-corrected chi connectivity index (χ2v) is 17.6. The van der Waals surface area contributed by atoms with Crippen molar-refractivity contribution in [3.8, 4) is 11.1 Å². The maximum Gasteiger partial charge on any atom is 0.190 e. The van der Waals surface area contributed by atoms with Gasteiger partial charge in [0.05, 0.1) is 11.7 Å². The first kappa shape index (κ1) is 31.9. The molecule has 8 unspecified atom stereocenters. The number of fused-ring (bicyclic) bond motifs is 4. The number of aromatic nitrogens is 1. The number of para-hydroxylation sites is 1. The molecule has 262 valence electrons. The van der Waals surface area contributed by atoms with E-state index in [-0.39, 0.29) is 40.0 Å². The summed E-state index contributed by atoms with van der Waals surface area (Å²) in [7, 11) is 0. The maximum atomic E-state index is 15.4. The minimum Gasteiger partial charge on any atom is -0.393 e. The van der Waals surface area contributed by atoms with Gasteiger partial charge in [0, 0.05) is 63.6 Å². The van der Waals surface area contributed by atoms with E-state index in [2.05, 4.69) is 84.4 Å². The molecule has 6 aliphatic carbocycles. The van der Waals surface area contributed by atoms with Crippen LogP contribution in [0.15, 0.2) is 103 Å². The molecule has 7 aliphatic rings. The van der Waals surface area contributed by atoms with E-state index in [4.69, 9.17) is 0 Å². The van der Waals surface area contributed by atoms with E-state index in [0.29, 0.717) is 13.0 Å². The Hall–Kier alpha value is -3.77. The first-order chi connectivity index (χ1) is 24.6. The smallest absolute Gasteiger partial charge is 0.190 e. The van der Waals surface area contributed by atoms with E-state index >= 15 is 4.79 Å². The highest BCUT2D eigenvalue weighted by Gasteiger charge is 2.74. The van der Waals surface area contributed by atoms with Crippen LogP contribution in [-0.4, -0.2) is 50.7 Å². The van der Waals surface area contributed by atoms with Crippen LogP contribution < -0.4 is 0 Å². The number of H-pyrrole nitrogens is 1. The molecule has 2 bridgehead atoms. The molecule has 5 nitrogen and oxygen atoms in total. The average molecular weight is 679 g/mol. The molecule has 11 rings (SSSR count). The number of carbonyl (C=O) groups is 1. The van der Waals surface area contributed by atoms with Gasteiger partial charge in [-0.15, -0.1) is 0 Å². The molecule has 3 saturated carbocycles. The predicted octanol–water partition coefficient (Wildman–Crippen LogP) is 8.67. The van der Waals surface area contributed by atoms with E-state index < -0.39 is 11.0 Å². The van der Waals surface area contributed by atoms with Gasteiger partial charge in [0.25, 0.3) is 0 Å². The predicted molar refractivity (Wildman–Crippen MR) is 202 cm³/mol. The SMILES string of the molecule is CC12CCC(O)CC13C=CC1(C(C(=O)c4ccccc4-c4ccccc4)=C3)C2CCC2(C)C1CCC2(O)CN1CCc2c([nH]c3ccccc23)C1. The number of Topliss-reactive ketones (excluding diaryl/α,β-unsaturated/α-hetero) is 1. The fourth-order valence-electron chi connectivity index (χ4n) is 13.0. The summed E-state index contributed by atoms with van der Waals surface area (Å²) in [5.74, 6) is 0.534. The van der Waals surface area contributed by atoms with Crippen molar-refractivity contribution in [2.45, 2.75) is 83.5 Å². The lowest BCUT2D eigenvalue weighted by Crippen LogP contribution is -2.67. The number of nitrogens with one attached hydrogen (secondary N) is 1. The Morgan fingerprint density at radius 3 is 2.45 bits per heavy atom. The second-order valence-electron chi connectivity index (χ2n) is 17.6. The molecule has 8 atom stereocenters. The van der Waals surface area contributed by atoms with Gasteiger partial charge in [0.2, 0.25) is 0 Å². The summed E-state index contributed by atoms with van der Waals surface area (Å²) < 4.78 is 0. The molecular formula is C46H50N2O3. The number of ketones is 1. The molecule has 3 N–H and O–H groups in total. The quantitative estimate of drug-likeness (QED) is 0.146. The Morgan fingerprint density at radius 1 is 0.863 bits per heavy atom. The first-order valence-electron chi connectivity index (χ1n) is 19.5. The number of aliphatic hydroxyl groups is 2. The number of carbonyl (C=O) groups excluding carboxylic acids is 1. The molecule has 0 saturated heterocycles. The number of allylic oxidation sites excluding steroid dienone is 4. The Bertz CT molecular complexity index is 2130. The highest BCUT2D eigenvalue weighted by Crippen LogP contribution is 2.78. The monoisotopic (exact) mass is 678 g/mol. The van der Waals surface area contributed by atoms with Crippen LogP contribution in [0.4, 0.5) is 0 Å². The van der Waals surface area contributed by atoms with Gasteiger partial charge in [-0.25, -0.2) is 0 Å². The van der Waals surface area contributed by atoms with Gasteiger partial charge in [-0.1, -0.05) is 105 Å². The third-order valence-electron chi connectivity index (χ3n) is 15.7. The van der Waals surface area contributed by atoms with Crippen molar-refractivity contribution in [1.82, 2.24) is 9.88 Å². The summed E-state index contributed by atoms with van der Waals surface area (Å²) in [4.78, 5) is 21.6. The molecule has 3 aromatic carbocycles. The number of rotatable bonds is 5. The number of nitrogens with zero attached hydrogens (tertiary/aromatic N) is 1. The van der Waals surface area contributed by atoms with Crippen LogP contribution in [0.1, 0.15) is 80.4 Å². The van der Waals surface area contributed by atoms with E-state index in [1.54, 1.807) is 0 Å². The van der Waals surface area contributed by atoms with Gasteiger partial charge >= 0.3 is 0 Å². The number of benzene rings is 3. The highest BCUT2D eigenvalue weighted by molar-refractivity contribution is 6.14. The van der Waals surface area contributed by atoms with Gasteiger partial charge < -0.3 is 15.2 Å². The highest BCUT2D eigenvalue weighted by atomic mass is 16.3. The second kappa shape index (κ2) is 10.9. The van der Waals surface area contributed by atoms with Gasteiger partial charge in [-0.2, -0.15) is 0 Å². The van der Waals surface area contributed by atoms with E-state index in [1.165, 1.54) is 22.2 Å². The summed E-state index contributed by atoms with van der Waals surface area (Å²) in [5.41, 5.74) is 5.52. The van der Waals surface area contributed by atoms with Crippen LogP contribution in [-0.2, 0) is 13.0 Å². The van der Waals surface area contributed by atoms with Crippen molar-refractivity contribution in [2.75, 3.05) is 13.1 Å².